The smallest absolute Gasteiger partial charge is 0.251 e. The topological polar surface area (TPSA) is 79.9 Å². The monoisotopic (exact) mass is 422 g/mol. The molecule has 0 fully saturated rings. The number of nitriles is 1. The van der Waals surface area contributed by atoms with Gasteiger partial charge < -0.3 is 10.1 Å². The molecular weight excluding hydrogens is 400 g/mol. The average molecular weight is 423 g/mol. The quantitative estimate of drug-likeness (QED) is 0.584. The van der Waals surface area contributed by atoms with E-state index in [-0.39, 0.29) is 5.91 Å². The number of benzene rings is 2. The Labute approximate surface area is 181 Å². The van der Waals surface area contributed by atoms with Crippen LogP contribution in [0.5, 0.6) is 0 Å². The van der Waals surface area contributed by atoms with Gasteiger partial charge in [0.05, 0.1) is 28.6 Å². The van der Waals surface area contributed by atoms with Crippen LogP contribution in [0.4, 0.5) is 0 Å². The zero-order chi connectivity index (χ0) is 21.7. The van der Waals surface area contributed by atoms with Crippen LogP contribution in [0.25, 0.3) is 5.69 Å². The molecule has 30 heavy (non-hydrogen) atoms. The molecule has 0 bridgehead atoms. The van der Waals surface area contributed by atoms with Gasteiger partial charge in [0.2, 0.25) is 0 Å². The number of carbonyl (C=O) groups excluding carboxylic acids is 1. The molecule has 1 amide bonds. The number of nitrogens with zero attached hydrogens (tertiary/aromatic N) is 3. The van der Waals surface area contributed by atoms with Crippen LogP contribution in [0.1, 0.15) is 38.4 Å². The van der Waals surface area contributed by atoms with E-state index in [1.165, 1.54) is 0 Å². The molecule has 3 aromatic rings. The number of aromatic nitrogens is 2. The van der Waals surface area contributed by atoms with Crippen LogP contribution in [0.2, 0.25) is 5.02 Å². The third-order valence-electron chi connectivity index (χ3n) is 4.98. The SMILES string of the molecule is COCCNC(=O)c1ccccc1Cc1c(C)nn(-c2ccc(C#N)c(Cl)c2)c1C. The fourth-order valence-electron chi connectivity index (χ4n) is 3.36. The van der Waals surface area contributed by atoms with Crippen LogP contribution in [0, 0.1) is 25.2 Å². The third-order valence-corrected chi connectivity index (χ3v) is 5.29. The standard InChI is InChI=1S/C23H23ClN4O2/c1-15-21(12-17-6-4-5-7-20(17)23(29)26-10-11-30-3)16(2)28(27-15)19-9-8-18(14-25)22(24)13-19/h4-9,13H,10-12H2,1-3H3,(H,26,29). The van der Waals surface area contributed by atoms with Crippen LogP contribution in [0.3, 0.4) is 0 Å². The number of nitrogens with one attached hydrogen (secondary N) is 1. The highest BCUT2D eigenvalue weighted by Gasteiger charge is 2.17. The molecule has 1 aromatic heterocycles. The second-order valence-electron chi connectivity index (χ2n) is 6.92. The molecule has 1 heterocycles. The summed E-state index contributed by atoms with van der Waals surface area (Å²) in [7, 11) is 1.60. The highest BCUT2D eigenvalue weighted by Crippen LogP contribution is 2.25. The summed E-state index contributed by atoms with van der Waals surface area (Å²) in [6, 6.07) is 14.9. The summed E-state index contributed by atoms with van der Waals surface area (Å²) in [5.74, 6) is -0.121. The largest absolute Gasteiger partial charge is 0.383 e. The number of rotatable bonds is 7. The summed E-state index contributed by atoms with van der Waals surface area (Å²) >= 11 is 6.20. The molecule has 0 aliphatic carbocycles. The van der Waals surface area contributed by atoms with Gasteiger partial charge in [-0.3, -0.25) is 4.79 Å². The number of hydrogen-bond donors (Lipinski definition) is 1. The second-order valence-corrected chi connectivity index (χ2v) is 7.33. The predicted octanol–water partition coefficient (Wildman–Crippen LogP) is 3.98. The molecule has 0 aliphatic rings. The molecule has 0 radical (unpaired) electrons. The summed E-state index contributed by atoms with van der Waals surface area (Å²) in [5.41, 5.74) is 5.67. The number of amides is 1. The number of ether oxygens (including phenoxy) is 1. The normalized spacial score (nSPS) is 10.6. The molecule has 3 rings (SSSR count). The van der Waals surface area contributed by atoms with Gasteiger partial charge in [0, 0.05) is 36.9 Å². The van der Waals surface area contributed by atoms with Crippen molar-refractivity contribution in [2.45, 2.75) is 20.3 Å². The molecule has 7 heteroatoms. The maximum atomic E-state index is 12.6. The number of hydrogen-bond acceptors (Lipinski definition) is 4. The minimum atomic E-state index is -0.121. The Morgan fingerprint density at radius 1 is 1.27 bits per heavy atom. The van der Waals surface area contributed by atoms with E-state index in [9.17, 15) is 4.79 Å². The lowest BCUT2D eigenvalue weighted by atomic mass is 9.98. The molecule has 0 aliphatic heterocycles. The highest BCUT2D eigenvalue weighted by molar-refractivity contribution is 6.31. The van der Waals surface area contributed by atoms with Gasteiger partial charge in [0.25, 0.3) is 5.91 Å². The Balaban J connectivity index is 1.92. The van der Waals surface area contributed by atoms with E-state index in [0.717, 1.165) is 28.2 Å². The fraction of sp³-hybridized carbons (Fsp3) is 0.261. The zero-order valence-corrected chi connectivity index (χ0v) is 18.0. The molecule has 6 nitrogen and oxygen atoms in total. The Morgan fingerprint density at radius 2 is 2.03 bits per heavy atom. The fourth-order valence-corrected chi connectivity index (χ4v) is 3.57. The maximum absolute atomic E-state index is 12.6. The average Bonchev–Trinajstić information content (AvgIpc) is 3.02. The van der Waals surface area contributed by atoms with Crippen LogP contribution in [-0.4, -0.2) is 35.9 Å². The molecule has 2 aromatic carbocycles. The van der Waals surface area contributed by atoms with E-state index >= 15 is 0 Å². The van der Waals surface area contributed by atoms with Crippen LogP contribution >= 0.6 is 11.6 Å². The summed E-state index contributed by atoms with van der Waals surface area (Å²) in [6.07, 6.45) is 0.579. The zero-order valence-electron chi connectivity index (χ0n) is 17.2. The number of halogens is 1. The summed E-state index contributed by atoms with van der Waals surface area (Å²) in [6.45, 7) is 4.86. The lowest BCUT2D eigenvalue weighted by molar-refractivity contribution is 0.0936. The van der Waals surface area contributed by atoms with Gasteiger partial charge in [-0.25, -0.2) is 4.68 Å². The van der Waals surface area contributed by atoms with Crippen LogP contribution in [-0.2, 0) is 11.2 Å². The third kappa shape index (κ3) is 4.54. The first-order valence-electron chi connectivity index (χ1n) is 9.56. The Kier molecular flexibility index (Phi) is 6.88. The molecule has 154 valence electrons. The van der Waals surface area contributed by atoms with E-state index < -0.39 is 0 Å². The van der Waals surface area contributed by atoms with Crippen molar-refractivity contribution in [2.24, 2.45) is 0 Å². The van der Waals surface area contributed by atoms with Crippen molar-refractivity contribution >= 4 is 17.5 Å². The molecule has 0 atom stereocenters. The van der Waals surface area contributed by atoms with Gasteiger partial charge in [-0.05, 0) is 43.7 Å². The second kappa shape index (κ2) is 9.57. The molecular formula is C23H23ClN4O2. The van der Waals surface area contributed by atoms with Gasteiger partial charge in [-0.2, -0.15) is 10.4 Å². The van der Waals surface area contributed by atoms with Crippen molar-refractivity contribution in [1.82, 2.24) is 15.1 Å². The number of aryl methyl sites for hydroxylation is 1. The first kappa shape index (κ1) is 21.6. The summed E-state index contributed by atoms with van der Waals surface area (Å²) in [5, 5.41) is 17.0. The molecule has 1 N–H and O–H groups in total. The number of carbonyl (C=O) groups is 1. The Bertz CT molecular complexity index is 1110. The maximum Gasteiger partial charge on any atom is 0.251 e. The minimum absolute atomic E-state index is 0.121. The summed E-state index contributed by atoms with van der Waals surface area (Å²) < 4.78 is 6.82. The van der Waals surface area contributed by atoms with Crippen molar-refractivity contribution in [2.75, 3.05) is 20.3 Å². The van der Waals surface area contributed by atoms with E-state index in [1.807, 2.05) is 48.9 Å². The van der Waals surface area contributed by atoms with Crippen molar-refractivity contribution < 1.29 is 9.53 Å². The highest BCUT2D eigenvalue weighted by atomic mass is 35.5. The van der Waals surface area contributed by atoms with E-state index in [2.05, 4.69) is 16.5 Å². The van der Waals surface area contributed by atoms with Gasteiger partial charge in [-0.15, -0.1) is 0 Å². The van der Waals surface area contributed by atoms with Crippen molar-refractivity contribution in [1.29, 1.82) is 5.26 Å². The van der Waals surface area contributed by atoms with Gasteiger partial charge in [-0.1, -0.05) is 29.8 Å². The minimum Gasteiger partial charge on any atom is -0.383 e. The van der Waals surface area contributed by atoms with Crippen LogP contribution < -0.4 is 5.32 Å². The van der Waals surface area contributed by atoms with Crippen LogP contribution in [0.15, 0.2) is 42.5 Å². The van der Waals surface area contributed by atoms with E-state index in [0.29, 0.717) is 35.7 Å². The van der Waals surface area contributed by atoms with Crippen molar-refractivity contribution in [3.63, 3.8) is 0 Å². The van der Waals surface area contributed by atoms with Gasteiger partial charge in [0.15, 0.2) is 0 Å². The molecule has 0 saturated carbocycles. The Hall–Kier alpha value is -3.14. The lowest BCUT2D eigenvalue weighted by Gasteiger charge is -2.11. The Morgan fingerprint density at radius 3 is 2.73 bits per heavy atom. The van der Waals surface area contributed by atoms with E-state index in [1.54, 1.807) is 19.2 Å². The van der Waals surface area contributed by atoms with Crippen molar-refractivity contribution in [3.8, 4) is 11.8 Å². The lowest BCUT2D eigenvalue weighted by Crippen LogP contribution is -2.27. The number of methoxy groups -OCH3 is 1. The van der Waals surface area contributed by atoms with E-state index in [4.69, 9.17) is 21.6 Å². The molecule has 0 spiro atoms. The molecule has 0 unspecified atom stereocenters. The first-order chi connectivity index (χ1) is 14.5. The first-order valence-corrected chi connectivity index (χ1v) is 9.94. The molecule has 0 saturated heterocycles. The summed E-state index contributed by atoms with van der Waals surface area (Å²) in [4.78, 5) is 12.6. The van der Waals surface area contributed by atoms with Crippen molar-refractivity contribution in [3.05, 3.63) is 81.1 Å². The predicted molar refractivity (Wildman–Crippen MR) is 116 cm³/mol. The van der Waals surface area contributed by atoms with Gasteiger partial charge in [0.1, 0.15) is 6.07 Å². The van der Waals surface area contributed by atoms with Gasteiger partial charge >= 0.3 is 0 Å².